The van der Waals surface area contributed by atoms with Crippen LogP contribution in [0.25, 0.3) is 0 Å². The molecule has 4 heteroatoms. The van der Waals surface area contributed by atoms with E-state index in [4.69, 9.17) is 5.73 Å². The van der Waals surface area contributed by atoms with Crippen molar-refractivity contribution in [2.24, 2.45) is 11.7 Å². The maximum absolute atomic E-state index is 12.7. The number of carbonyl (C=O) groups excluding carboxylic acids is 1. The molecule has 2 unspecified atom stereocenters. The van der Waals surface area contributed by atoms with Crippen LogP contribution in [0.5, 0.6) is 0 Å². The molecule has 128 valence electrons. The van der Waals surface area contributed by atoms with Gasteiger partial charge in [-0.25, -0.2) is 0 Å². The molecule has 3 rings (SSSR count). The van der Waals surface area contributed by atoms with Crippen molar-refractivity contribution in [1.29, 1.82) is 0 Å². The summed E-state index contributed by atoms with van der Waals surface area (Å²) in [5.41, 5.74) is 8.24. The summed E-state index contributed by atoms with van der Waals surface area (Å²) in [5, 5.41) is 3.25. The van der Waals surface area contributed by atoms with Crippen molar-refractivity contribution >= 4 is 18.3 Å². The van der Waals surface area contributed by atoms with Gasteiger partial charge >= 0.3 is 0 Å². The summed E-state index contributed by atoms with van der Waals surface area (Å²) in [6.45, 7) is 0. The molecule has 0 saturated heterocycles. The third-order valence-electron chi connectivity index (χ3n) is 4.64. The molecule has 0 aliphatic heterocycles. The topological polar surface area (TPSA) is 55.1 Å². The Bertz CT molecular complexity index is 593. The molecule has 3 nitrogen and oxygen atoms in total. The molecule has 0 spiro atoms. The van der Waals surface area contributed by atoms with Crippen LogP contribution in [0, 0.1) is 5.92 Å². The normalized spacial score (nSPS) is 20.2. The number of hydrogen-bond acceptors (Lipinski definition) is 2. The van der Waals surface area contributed by atoms with Gasteiger partial charge in [0.05, 0.1) is 6.04 Å². The van der Waals surface area contributed by atoms with Gasteiger partial charge in [0.1, 0.15) is 0 Å². The lowest BCUT2D eigenvalue weighted by Gasteiger charge is -2.28. The van der Waals surface area contributed by atoms with Gasteiger partial charge in [0, 0.05) is 12.0 Å². The van der Waals surface area contributed by atoms with E-state index in [1.54, 1.807) is 0 Å². The molecule has 0 radical (unpaired) electrons. The van der Waals surface area contributed by atoms with Crippen molar-refractivity contribution in [1.82, 2.24) is 5.32 Å². The van der Waals surface area contributed by atoms with Gasteiger partial charge < -0.3 is 11.1 Å². The molecule has 24 heavy (non-hydrogen) atoms. The van der Waals surface area contributed by atoms with Crippen molar-refractivity contribution in [3.8, 4) is 0 Å². The first-order valence-electron chi connectivity index (χ1n) is 8.40. The average molecular weight is 345 g/mol. The van der Waals surface area contributed by atoms with Gasteiger partial charge in [-0.1, -0.05) is 67.1 Å². The van der Waals surface area contributed by atoms with Crippen LogP contribution in [0.15, 0.2) is 60.7 Å². The number of halogens is 1. The lowest BCUT2D eigenvalue weighted by atomic mass is 9.85. The first kappa shape index (κ1) is 18.5. The number of nitrogens with two attached hydrogens (primary N) is 1. The van der Waals surface area contributed by atoms with Crippen LogP contribution in [0.3, 0.4) is 0 Å². The summed E-state index contributed by atoms with van der Waals surface area (Å²) in [7, 11) is 0. The maximum atomic E-state index is 12.7. The van der Waals surface area contributed by atoms with Gasteiger partial charge in [-0.15, -0.1) is 12.4 Å². The largest absolute Gasteiger partial charge is 0.345 e. The highest BCUT2D eigenvalue weighted by atomic mass is 35.5. The van der Waals surface area contributed by atoms with Gasteiger partial charge in [-0.05, 0) is 30.4 Å². The molecular weight excluding hydrogens is 320 g/mol. The van der Waals surface area contributed by atoms with E-state index in [9.17, 15) is 4.79 Å². The van der Waals surface area contributed by atoms with Crippen molar-refractivity contribution < 1.29 is 4.79 Å². The van der Waals surface area contributed by atoms with Crippen molar-refractivity contribution in [3.05, 3.63) is 71.8 Å². The van der Waals surface area contributed by atoms with E-state index in [0.717, 1.165) is 36.8 Å². The Kier molecular flexibility index (Phi) is 6.83. The highest BCUT2D eigenvalue weighted by molar-refractivity contribution is 5.85. The van der Waals surface area contributed by atoms with Crippen LogP contribution in [-0.2, 0) is 4.79 Å². The summed E-state index contributed by atoms with van der Waals surface area (Å²) >= 11 is 0. The Labute approximate surface area is 150 Å². The van der Waals surface area contributed by atoms with Gasteiger partial charge in [0.2, 0.25) is 5.91 Å². The third-order valence-corrected chi connectivity index (χ3v) is 4.64. The molecule has 0 heterocycles. The Morgan fingerprint density at radius 3 is 2.00 bits per heavy atom. The van der Waals surface area contributed by atoms with Gasteiger partial charge in [0.25, 0.3) is 0 Å². The lowest BCUT2D eigenvalue weighted by molar-refractivity contribution is -0.126. The predicted molar refractivity (Wildman–Crippen MR) is 100 cm³/mol. The fourth-order valence-corrected chi connectivity index (χ4v) is 3.38. The molecule has 0 aromatic heterocycles. The van der Waals surface area contributed by atoms with Gasteiger partial charge in [-0.2, -0.15) is 0 Å². The summed E-state index contributed by atoms with van der Waals surface area (Å²) in [4.78, 5) is 12.7. The molecule has 3 N–H and O–H groups in total. The number of nitrogens with one attached hydrogen (secondary N) is 1. The summed E-state index contributed by atoms with van der Waals surface area (Å²) < 4.78 is 0. The first-order valence-corrected chi connectivity index (χ1v) is 8.40. The van der Waals surface area contributed by atoms with Crippen LogP contribution in [0.1, 0.15) is 42.9 Å². The van der Waals surface area contributed by atoms with E-state index in [1.165, 1.54) is 0 Å². The molecule has 2 aromatic carbocycles. The molecular formula is C20H25ClN2O. The SMILES string of the molecule is Cl.NC1CCCC(C(=O)NC(c2ccccc2)c2ccccc2)C1. The van der Waals surface area contributed by atoms with E-state index < -0.39 is 0 Å². The van der Waals surface area contributed by atoms with Gasteiger partial charge in [0.15, 0.2) is 0 Å². The monoisotopic (exact) mass is 344 g/mol. The third kappa shape index (κ3) is 4.59. The van der Waals surface area contributed by atoms with Gasteiger partial charge in [-0.3, -0.25) is 4.79 Å². The quantitative estimate of drug-likeness (QED) is 0.885. The average Bonchev–Trinajstić information content (AvgIpc) is 2.61. The second kappa shape index (κ2) is 8.86. The number of hydrogen-bond donors (Lipinski definition) is 2. The molecule has 1 amide bonds. The van der Waals surface area contributed by atoms with Crippen molar-refractivity contribution in [2.45, 2.75) is 37.8 Å². The van der Waals surface area contributed by atoms with Crippen molar-refractivity contribution in [3.63, 3.8) is 0 Å². The molecule has 1 aliphatic rings. The fourth-order valence-electron chi connectivity index (χ4n) is 3.38. The standard InChI is InChI=1S/C20H24N2O.ClH/c21-18-13-7-12-17(14-18)20(23)22-19(15-8-3-1-4-9-15)16-10-5-2-6-11-16;/h1-6,8-11,17-19H,7,12-14,21H2,(H,22,23);1H. The summed E-state index contributed by atoms with van der Waals surface area (Å²) in [5.74, 6) is 0.159. The maximum Gasteiger partial charge on any atom is 0.223 e. The fraction of sp³-hybridized carbons (Fsp3) is 0.350. The highest BCUT2D eigenvalue weighted by Crippen LogP contribution is 2.26. The number of rotatable bonds is 4. The van der Waals surface area contributed by atoms with Crippen LogP contribution in [0.4, 0.5) is 0 Å². The Morgan fingerprint density at radius 2 is 1.50 bits per heavy atom. The van der Waals surface area contributed by atoms with Crippen LogP contribution in [-0.4, -0.2) is 11.9 Å². The first-order chi connectivity index (χ1) is 11.2. The number of benzene rings is 2. The summed E-state index contributed by atoms with van der Waals surface area (Å²) in [6, 6.07) is 20.3. The zero-order chi connectivity index (χ0) is 16.1. The predicted octanol–water partition coefficient (Wildman–Crippen LogP) is 3.83. The van der Waals surface area contributed by atoms with E-state index >= 15 is 0 Å². The second-order valence-electron chi connectivity index (χ2n) is 6.39. The number of amides is 1. The van der Waals surface area contributed by atoms with E-state index in [-0.39, 0.29) is 36.3 Å². The Balaban J connectivity index is 0.00000208. The molecule has 1 aliphatic carbocycles. The van der Waals surface area contributed by atoms with E-state index in [2.05, 4.69) is 29.6 Å². The summed E-state index contributed by atoms with van der Waals surface area (Å²) in [6.07, 6.45) is 3.81. The van der Waals surface area contributed by atoms with E-state index in [1.807, 2.05) is 36.4 Å². The minimum atomic E-state index is -0.108. The Morgan fingerprint density at radius 1 is 0.958 bits per heavy atom. The number of carbonyl (C=O) groups is 1. The van der Waals surface area contributed by atoms with Crippen molar-refractivity contribution in [2.75, 3.05) is 0 Å². The van der Waals surface area contributed by atoms with Crippen LogP contribution >= 0.6 is 12.4 Å². The highest BCUT2D eigenvalue weighted by Gasteiger charge is 2.27. The van der Waals surface area contributed by atoms with E-state index in [0.29, 0.717) is 0 Å². The zero-order valence-electron chi connectivity index (χ0n) is 13.7. The molecule has 2 aromatic rings. The zero-order valence-corrected chi connectivity index (χ0v) is 14.5. The smallest absolute Gasteiger partial charge is 0.223 e. The second-order valence-corrected chi connectivity index (χ2v) is 6.39. The molecule has 1 fully saturated rings. The van der Waals surface area contributed by atoms with Crippen LogP contribution in [0.2, 0.25) is 0 Å². The minimum Gasteiger partial charge on any atom is -0.345 e. The molecule has 2 atom stereocenters. The molecule has 0 bridgehead atoms. The molecule has 1 saturated carbocycles. The lowest BCUT2D eigenvalue weighted by Crippen LogP contribution is -2.39. The minimum absolute atomic E-state index is 0. The van der Waals surface area contributed by atoms with Crippen LogP contribution < -0.4 is 11.1 Å². The Hall–Kier alpha value is -1.84.